The number of benzene rings is 3. The Morgan fingerprint density at radius 3 is 2.62 bits per heavy atom. The van der Waals surface area contributed by atoms with Gasteiger partial charge in [0.2, 0.25) is 0 Å². The van der Waals surface area contributed by atoms with Crippen molar-refractivity contribution in [3.63, 3.8) is 0 Å². The lowest BCUT2D eigenvalue weighted by atomic mass is 10.0. The van der Waals surface area contributed by atoms with E-state index < -0.39 is 5.97 Å². The number of hydrogen-bond acceptors (Lipinski definition) is 6. The lowest BCUT2D eigenvalue weighted by molar-refractivity contribution is -0.136. The maximum atomic E-state index is 11.4. The van der Waals surface area contributed by atoms with E-state index in [9.17, 15) is 15.2 Å². The van der Waals surface area contributed by atoms with E-state index in [2.05, 4.69) is 11.1 Å². The fraction of sp³-hybridized carbons (Fsp3) is 0.0800. The van der Waals surface area contributed by atoms with E-state index in [0.29, 0.717) is 28.4 Å². The molecule has 0 saturated carbocycles. The van der Waals surface area contributed by atoms with Crippen LogP contribution in [0, 0.1) is 11.3 Å². The molecule has 1 N–H and O–H groups in total. The predicted molar refractivity (Wildman–Crippen MR) is 121 cm³/mol. The van der Waals surface area contributed by atoms with Crippen molar-refractivity contribution < 1.29 is 19.4 Å². The van der Waals surface area contributed by atoms with Crippen LogP contribution in [0.3, 0.4) is 0 Å². The van der Waals surface area contributed by atoms with Gasteiger partial charge in [0.1, 0.15) is 11.5 Å². The highest BCUT2D eigenvalue weighted by Gasteiger charge is 2.15. The molecule has 0 unspecified atom stereocenters. The Morgan fingerprint density at radius 2 is 1.88 bits per heavy atom. The number of rotatable bonds is 7. The van der Waals surface area contributed by atoms with E-state index in [1.54, 1.807) is 43.8 Å². The largest absolute Gasteiger partial charge is 0.497 e. The minimum Gasteiger partial charge on any atom is -0.497 e. The van der Waals surface area contributed by atoms with Gasteiger partial charge in [-0.25, -0.2) is 0 Å². The Labute approximate surface area is 189 Å². The van der Waals surface area contributed by atoms with Crippen molar-refractivity contribution in [1.82, 2.24) is 4.98 Å². The van der Waals surface area contributed by atoms with Crippen LogP contribution >= 0.6 is 11.8 Å². The first-order valence-corrected chi connectivity index (χ1v) is 10.5. The smallest absolute Gasteiger partial charge is 0.307 e. The van der Waals surface area contributed by atoms with Crippen LogP contribution in [0.4, 0.5) is 0 Å². The maximum Gasteiger partial charge on any atom is 0.307 e. The van der Waals surface area contributed by atoms with Crippen molar-refractivity contribution >= 4 is 28.5 Å². The maximum absolute atomic E-state index is 11.4. The average Bonchev–Trinajstić information content (AvgIpc) is 2.81. The second-order valence-electron chi connectivity index (χ2n) is 6.84. The van der Waals surface area contributed by atoms with E-state index in [-0.39, 0.29) is 6.42 Å². The van der Waals surface area contributed by atoms with Gasteiger partial charge in [-0.1, -0.05) is 36.0 Å². The van der Waals surface area contributed by atoms with Crippen LogP contribution in [0.25, 0.3) is 10.8 Å². The molecular formula is C25H18N2O4S. The average molecular weight is 442 g/mol. The zero-order valence-electron chi connectivity index (χ0n) is 17.1. The van der Waals surface area contributed by atoms with E-state index in [0.717, 1.165) is 20.6 Å². The van der Waals surface area contributed by atoms with Crippen molar-refractivity contribution in [1.29, 1.82) is 5.26 Å². The SMILES string of the molecule is COc1ccc(Sc2ccncc2Oc2ccc(C#N)c3ccccc23)c(CC(=O)O)c1. The molecule has 32 heavy (non-hydrogen) atoms. The summed E-state index contributed by atoms with van der Waals surface area (Å²) in [6.45, 7) is 0. The van der Waals surface area contributed by atoms with Gasteiger partial charge in [-0.2, -0.15) is 5.26 Å². The van der Waals surface area contributed by atoms with Gasteiger partial charge >= 0.3 is 5.97 Å². The molecule has 0 bridgehead atoms. The minimum atomic E-state index is -0.921. The van der Waals surface area contributed by atoms with E-state index in [1.165, 1.54) is 11.8 Å². The Balaban J connectivity index is 1.71. The number of carboxylic acids is 1. The van der Waals surface area contributed by atoms with Crippen molar-refractivity contribution in [2.24, 2.45) is 0 Å². The lowest BCUT2D eigenvalue weighted by Crippen LogP contribution is -2.02. The predicted octanol–water partition coefficient (Wildman–Crippen LogP) is 5.69. The Kier molecular flexibility index (Phi) is 6.24. The summed E-state index contributed by atoms with van der Waals surface area (Å²) in [5, 5.41) is 20.3. The third-order valence-electron chi connectivity index (χ3n) is 4.80. The van der Waals surface area contributed by atoms with Crippen LogP contribution in [0.1, 0.15) is 11.1 Å². The normalized spacial score (nSPS) is 10.5. The Hall–Kier alpha value is -4.02. The van der Waals surface area contributed by atoms with Gasteiger partial charge in [0, 0.05) is 21.9 Å². The van der Waals surface area contributed by atoms with Gasteiger partial charge in [-0.05, 0) is 42.0 Å². The van der Waals surface area contributed by atoms with Gasteiger partial charge < -0.3 is 14.6 Å². The van der Waals surface area contributed by atoms with Crippen LogP contribution in [-0.2, 0) is 11.2 Å². The molecule has 3 aromatic carbocycles. The molecule has 1 aromatic heterocycles. The minimum absolute atomic E-state index is 0.124. The Morgan fingerprint density at radius 1 is 1.06 bits per heavy atom. The first-order valence-electron chi connectivity index (χ1n) is 9.69. The molecule has 158 valence electrons. The summed E-state index contributed by atoms with van der Waals surface area (Å²) >= 11 is 1.40. The molecule has 0 aliphatic carbocycles. The fourth-order valence-corrected chi connectivity index (χ4v) is 4.27. The van der Waals surface area contributed by atoms with Crippen molar-refractivity contribution in [3.8, 4) is 23.3 Å². The molecular weight excluding hydrogens is 424 g/mol. The number of nitrogens with zero attached hydrogens (tertiary/aromatic N) is 2. The van der Waals surface area contributed by atoms with Gasteiger partial charge in [0.25, 0.3) is 0 Å². The highest BCUT2D eigenvalue weighted by atomic mass is 32.2. The highest BCUT2D eigenvalue weighted by Crippen LogP contribution is 2.40. The van der Waals surface area contributed by atoms with Gasteiger partial charge in [0.05, 0.1) is 36.3 Å². The summed E-state index contributed by atoms with van der Waals surface area (Å²) in [5.74, 6) is 0.815. The first kappa shape index (κ1) is 21.2. The standard InChI is InChI=1S/C25H18N2O4S/c1-30-18-7-9-23(17(12-18)13-25(28)29)32-24-10-11-27-15-22(24)31-21-8-6-16(14-26)19-4-2-3-5-20(19)21/h2-12,15H,13H2,1H3,(H,28,29). The molecule has 7 heteroatoms. The van der Waals surface area contributed by atoms with Crippen molar-refractivity contribution in [2.45, 2.75) is 16.2 Å². The molecule has 0 saturated heterocycles. The molecule has 4 aromatic rings. The highest BCUT2D eigenvalue weighted by molar-refractivity contribution is 7.99. The van der Waals surface area contributed by atoms with E-state index in [1.807, 2.05) is 36.4 Å². The topological polar surface area (TPSA) is 92.4 Å². The number of methoxy groups -OCH3 is 1. The van der Waals surface area contributed by atoms with Crippen molar-refractivity contribution in [3.05, 3.63) is 84.2 Å². The monoisotopic (exact) mass is 442 g/mol. The van der Waals surface area contributed by atoms with E-state index in [4.69, 9.17) is 9.47 Å². The van der Waals surface area contributed by atoms with Crippen LogP contribution < -0.4 is 9.47 Å². The zero-order chi connectivity index (χ0) is 22.5. The van der Waals surface area contributed by atoms with Gasteiger partial charge in [-0.3, -0.25) is 9.78 Å². The number of carbonyl (C=O) groups is 1. The second kappa shape index (κ2) is 9.41. The van der Waals surface area contributed by atoms with Crippen LogP contribution in [0.2, 0.25) is 0 Å². The van der Waals surface area contributed by atoms with E-state index >= 15 is 0 Å². The summed E-state index contributed by atoms with van der Waals surface area (Å²) in [6.07, 6.45) is 3.16. The molecule has 0 spiro atoms. The number of hydrogen-bond donors (Lipinski definition) is 1. The quantitative estimate of drug-likeness (QED) is 0.393. The number of aliphatic carboxylic acids is 1. The summed E-state index contributed by atoms with van der Waals surface area (Å²) in [6, 6.07) is 20.5. The second-order valence-corrected chi connectivity index (χ2v) is 7.92. The molecule has 1 heterocycles. The van der Waals surface area contributed by atoms with Crippen LogP contribution in [-0.4, -0.2) is 23.2 Å². The summed E-state index contributed by atoms with van der Waals surface area (Å²) in [7, 11) is 1.55. The first-order chi connectivity index (χ1) is 15.6. The summed E-state index contributed by atoms with van der Waals surface area (Å²) in [4.78, 5) is 17.1. The zero-order valence-corrected chi connectivity index (χ0v) is 17.9. The molecule has 4 rings (SSSR count). The number of pyridine rings is 1. The molecule has 0 radical (unpaired) electrons. The lowest BCUT2D eigenvalue weighted by Gasteiger charge is -2.14. The molecule has 0 amide bonds. The number of ether oxygens (including phenoxy) is 2. The Bertz CT molecular complexity index is 1350. The third-order valence-corrected chi connectivity index (χ3v) is 5.98. The van der Waals surface area contributed by atoms with Crippen molar-refractivity contribution in [2.75, 3.05) is 7.11 Å². The molecule has 6 nitrogen and oxygen atoms in total. The molecule has 0 aliphatic rings. The number of carboxylic acid groups (broad SMARTS) is 1. The van der Waals surface area contributed by atoms with Crippen LogP contribution in [0.5, 0.6) is 17.2 Å². The fourth-order valence-electron chi connectivity index (χ4n) is 3.31. The number of fused-ring (bicyclic) bond motifs is 1. The molecule has 0 aliphatic heterocycles. The van der Waals surface area contributed by atoms with Gasteiger partial charge in [-0.15, -0.1) is 0 Å². The summed E-state index contributed by atoms with van der Waals surface area (Å²) in [5.41, 5.74) is 1.22. The van der Waals surface area contributed by atoms with Gasteiger partial charge in [0.15, 0.2) is 5.75 Å². The molecule has 0 fully saturated rings. The third kappa shape index (κ3) is 4.51. The molecule has 0 atom stereocenters. The summed E-state index contributed by atoms with van der Waals surface area (Å²) < 4.78 is 11.5. The number of nitriles is 1. The number of aromatic nitrogens is 1. The van der Waals surface area contributed by atoms with Crippen LogP contribution in [0.15, 0.2) is 82.8 Å².